The van der Waals surface area contributed by atoms with E-state index in [-0.39, 0.29) is 0 Å². The van der Waals surface area contributed by atoms with Crippen LogP contribution in [-0.4, -0.2) is 17.6 Å². The summed E-state index contributed by atoms with van der Waals surface area (Å²) in [4.78, 5) is 4.27. The van der Waals surface area contributed by atoms with E-state index < -0.39 is 0 Å². The highest BCUT2D eigenvalue weighted by Gasteiger charge is 2.24. The second-order valence-electron chi connectivity index (χ2n) is 3.24. The largest absolute Gasteiger partial charge is 0.360 e. The van der Waals surface area contributed by atoms with Crippen LogP contribution in [0.25, 0.3) is 6.08 Å². The first-order valence-electron chi connectivity index (χ1n) is 4.35. The molecule has 1 saturated heterocycles. The summed E-state index contributed by atoms with van der Waals surface area (Å²) in [5, 5.41) is 3.35. The molecule has 2 aliphatic heterocycles. The fourth-order valence-corrected chi connectivity index (χ4v) is 1.71. The molecule has 4 heteroatoms. The first-order chi connectivity index (χ1) is 6.43. The monoisotopic (exact) mass is 174 g/mol. The standard InChI is InChI=1S/C9H10N4/c1-2-6-4-7-8(5-11-13-7)12-9(6)10-3-1/h1-4,8,11,13H,5H2,(H,10,12). The highest BCUT2D eigenvalue weighted by atomic mass is 15.4. The molecule has 0 aliphatic carbocycles. The smallest absolute Gasteiger partial charge is 0.133 e. The molecule has 1 atom stereocenters. The lowest BCUT2D eigenvalue weighted by Crippen LogP contribution is -2.26. The number of hydrogen-bond donors (Lipinski definition) is 3. The quantitative estimate of drug-likeness (QED) is 0.530. The molecule has 0 bridgehead atoms. The number of fused-ring (bicyclic) bond motifs is 2. The van der Waals surface area contributed by atoms with Crippen LogP contribution >= 0.6 is 0 Å². The van der Waals surface area contributed by atoms with Crippen LogP contribution < -0.4 is 16.2 Å². The molecule has 4 nitrogen and oxygen atoms in total. The van der Waals surface area contributed by atoms with Crippen LogP contribution in [0.1, 0.15) is 5.56 Å². The maximum absolute atomic E-state index is 4.27. The van der Waals surface area contributed by atoms with Gasteiger partial charge >= 0.3 is 0 Å². The third-order valence-electron chi connectivity index (χ3n) is 2.38. The molecular weight excluding hydrogens is 164 g/mol. The maximum Gasteiger partial charge on any atom is 0.133 e. The molecule has 0 amide bonds. The van der Waals surface area contributed by atoms with Gasteiger partial charge in [0.1, 0.15) is 5.82 Å². The third-order valence-corrected chi connectivity index (χ3v) is 2.38. The molecule has 3 heterocycles. The topological polar surface area (TPSA) is 49.0 Å². The third kappa shape index (κ3) is 0.990. The van der Waals surface area contributed by atoms with Gasteiger partial charge < -0.3 is 10.7 Å². The summed E-state index contributed by atoms with van der Waals surface area (Å²) in [5.74, 6) is 0.974. The SMILES string of the molecule is C1=C2NNCC2Nc2ncccc21. The average Bonchev–Trinajstić information content (AvgIpc) is 2.61. The second kappa shape index (κ2) is 2.47. The Balaban J connectivity index is 2.10. The van der Waals surface area contributed by atoms with Crippen molar-refractivity contribution < 1.29 is 0 Å². The van der Waals surface area contributed by atoms with Gasteiger partial charge in [0.25, 0.3) is 0 Å². The van der Waals surface area contributed by atoms with Gasteiger partial charge in [-0.1, -0.05) is 0 Å². The fourth-order valence-electron chi connectivity index (χ4n) is 1.71. The number of aromatic nitrogens is 1. The molecule has 13 heavy (non-hydrogen) atoms. The number of nitrogens with one attached hydrogen (secondary N) is 3. The van der Waals surface area contributed by atoms with Gasteiger partial charge in [-0.2, -0.15) is 0 Å². The van der Waals surface area contributed by atoms with E-state index in [2.05, 4.69) is 33.3 Å². The molecule has 0 aromatic carbocycles. The zero-order valence-electron chi connectivity index (χ0n) is 7.04. The van der Waals surface area contributed by atoms with Crippen molar-refractivity contribution in [2.75, 3.05) is 11.9 Å². The summed E-state index contributed by atoms with van der Waals surface area (Å²) in [6.45, 7) is 0.905. The Morgan fingerprint density at radius 1 is 1.46 bits per heavy atom. The molecule has 3 rings (SSSR count). The number of anilines is 1. The molecule has 1 unspecified atom stereocenters. The zero-order chi connectivity index (χ0) is 8.67. The molecule has 1 aromatic heterocycles. The van der Waals surface area contributed by atoms with Crippen molar-refractivity contribution >= 4 is 11.9 Å². The van der Waals surface area contributed by atoms with Crippen molar-refractivity contribution in [3.63, 3.8) is 0 Å². The summed E-state index contributed by atoms with van der Waals surface area (Å²) >= 11 is 0. The minimum Gasteiger partial charge on any atom is -0.360 e. The van der Waals surface area contributed by atoms with E-state index in [1.165, 1.54) is 5.70 Å². The predicted molar refractivity (Wildman–Crippen MR) is 50.8 cm³/mol. The van der Waals surface area contributed by atoms with E-state index in [9.17, 15) is 0 Å². The van der Waals surface area contributed by atoms with Crippen molar-refractivity contribution in [2.45, 2.75) is 6.04 Å². The van der Waals surface area contributed by atoms with Crippen LogP contribution in [0.5, 0.6) is 0 Å². The Hall–Kier alpha value is -1.55. The summed E-state index contributed by atoms with van der Waals surface area (Å²) < 4.78 is 0. The van der Waals surface area contributed by atoms with E-state index in [1.807, 2.05) is 6.07 Å². The second-order valence-corrected chi connectivity index (χ2v) is 3.24. The first-order valence-corrected chi connectivity index (χ1v) is 4.35. The number of nitrogens with zero attached hydrogens (tertiary/aromatic N) is 1. The van der Waals surface area contributed by atoms with E-state index in [4.69, 9.17) is 0 Å². The number of hydrazine groups is 1. The van der Waals surface area contributed by atoms with Gasteiger partial charge in [0.2, 0.25) is 0 Å². The number of rotatable bonds is 0. The summed E-state index contributed by atoms with van der Waals surface area (Å²) in [7, 11) is 0. The Labute approximate surface area is 76.0 Å². The first kappa shape index (κ1) is 6.91. The van der Waals surface area contributed by atoms with Crippen molar-refractivity contribution in [1.29, 1.82) is 0 Å². The van der Waals surface area contributed by atoms with Gasteiger partial charge in [-0.25, -0.2) is 10.4 Å². The van der Waals surface area contributed by atoms with Gasteiger partial charge in [-0.15, -0.1) is 0 Å². The van der Waals surface area contributed by atoms with Crippen LogP contribution in [-0.2, 0) is 0 Å². The Morgan fingerprint density at radius 3 is 3.46 bits per heavy atom. The van der Waals surface area contributed by atoms with E-state index in [0.717, 1.165) is 17.9 Å². The van der Waals surface area contributed by atoms with Crippen molar-refractivity contribution in [3.8, 4) is 0 Å². The summed E-state index contributed by atoms with van der Waals surface area (Å²) in [5.41, 5.74) is 8.55. The van der Waals surface area contributed by atoms with Crippen LogP contribution in [0.15, 0.2) is 24.0 Å². The normalized spacial score (nSPS) is 23.7. The van der Waals surface area contributed by atoms with Gasteiger partial charge in [-0.3, -0.25) is 0 Å². The Morgan fingerprint density at radius 2 is 2.46 bits per heavy atom. The highest BCUT2D eigenvalue weighted by Crippen LogP contribution is 2.24. The molecule has 0 radical (unpaired) electrons. The zero-order valence-corrected chi connectivity index (χ0v) is 7.04. The molecule has 3 N–H and O–H groups in total. The maximum atomic E-state index is 4.27. The van der Waals surface area contributed by atoms with Gasteiger partial charge in [-0.05, 0) is 18.2 Å². The van der Waals surface area contributed by atoms with Crippen LogP contribution in [0.4, 0.5) is 5.82 Å². The minimum atomic E-state index is 0.349. The molecule has 1 fully saturated rings. The van der Waals surface area contributed by atoms with Crippen molar-refractivity contribution in [2.24, 2.45) is 0 Å². The van der Waals surface area contributed by atoms with Crippen LogP contribution in [0.2, 0.25) is 0 Å². The molecule has 0 spiro atoms. The van der Waals surface area contributed by atoms with Gasteiger partial charge in [0, 0.05) is 18.3 Å². The van der Waals surface area contributed by atoms with Crippen LogP contribution in [0.3, 0.4) is 0 Å². The number of pyridine rings is 1. The van der Waals surface area contributed by atoms with E-state index in [0.29, 0.717) is 6.04 Å². The molecule has 66 valence electrons. The van der Waals surface area contributed by atoms with Gasteiger partial charge in [0.15, 0.2) is 0 Å². The Kier molecular flexibility index (Phi) is 1.31. The summed E-state index contributed by atoms with van der Waals surface area (Å²) in [6.07, 6.45) is 3.93. The fraction of sp³-hybridized carbons (Fsp3) is 0.222. The molecule has 2 aliphatic rings. The molecular formula is C9H10N4. The minimum absolute atomic E-state index is 0.349. The predicted octanol–water partition coefficient (Wildman–Crippen LogP) is 0.324. The number of hydrogen-bond acceptors (Lipinski definition) is 4. The highest BCUT2D eigenvalue weighted by molar-refractivity contribution is 5.70. The van der Waals surface area contributed by atoms with E-state index in [1.54, 1.807) is 6.20 Å². The van der Waals surface area contributed by atoms with Crippen LogP contribution in [0, 0.1) is 0 Å². The summed E-state index contributed by atoms with van der Waals surface area (Å²) in [6, 6.07) is 4.35. The van der Waals surface area contributed by atoms with Crippen molar-refractivity contribution in [1.82, 2.24) is 15.8 Å². The van der Waals surface area contributed by atoms with E-state index >= 15 is 0 Å². The Bertz CT molecular complexity index is 372. The lowest BCUT2D eigenvalue weighted by Gasteiger charge is -2.20. The lowest BCUT2D eigenvalue weighted by molar-refractivity contribution is 0.717. The molecule has 1 aromatic rings. The average molecular weight is 174 g/mol. The lowest BCUT2D eigenvalue weighted by atomic mass is 10.1. The van der Waals surface area contributed by atoms with Crippen molar-refractivity contribution in [3.05, 3.63) is 29.6 Å². The molecule has 0 saturated carbocycles. The van der Waals surface area contributed by atoms with Gasteiger partial charge in [0.05, 0.1) is 11.7 Å².